The molecule has 0 saturated carbocycles. The van der Waals surface area contributed by atoms with Gasteiger partial charge in [0.05, 0.1) is 5.69 Å². The lowest BCUT2D eigenvalue weighted by atomic mass is 10.2. The van der Waals surface area contributed by atoms with Gasteiger partial charge < -0.3 is 4.74 Å². The first kappa shape index (κ1) is 18.7. The highest BCUT2D eigenvalue weighted by Gasteiger charge is 2.24. The van der Waals surface area contributed by atoms with Crippen molar-refractivity contribution in [3.05, 3.63) is 66.2 Å². The molecule has 7 nitrogen and oxygen atoms in total. The van der Waals surface area contributed by atoms with Crippen molar-refractivity contribution in [2.75, 3.05) is 0 Å². The third kappa shape index (κ3) is 5.46. The Kier molecular flexibility index (Phi) is 6.89. The zero-order valence-electron chi connectivity index (χ0n) is 14.4. The molecule has 132 valence electrons. The van der Waals surface area contributed by atoms with Crippen LogP contribution in [0.1, 0.15) is 24.2 Å². The topological polar surface area (TPSA) is 83.4 Å². The number of nitrogens with one attached hydrogen (secondary N) is 1. The van der Waals surface area contributed by atoms with Crippen molar-refractivity contribution in [2.45, 2.75) is 19.9 Å². The van der Waals surface area contributed by atoms with Crippen molar-refractivity contribution >= 4 is 17.6 Å². The molecular weight excluding hydrogens is 332 g/mol. The second-order valence-electron chi connectivity index (χ2n) is 5.13. The zero-order chi connectivity index (χ0) is 18.8. The monoisotopic (exact) mass is 350 g/mol. The molecule has 26 heavy (non-hydrogen) atoms. The average Bonchev–Trinajstić information content (AvgIpc) is 2.70. The van der Waals surface area contributed by atoms with Gasteiger partial charge >= 0.3 is 5.97 Å². The minimum Gasteiger partial charge on any atom is -0.371 e. The number of hydrazine groups is 1. The molecule has 0 fully saturated rings. The van der Waals surface area contributed by atoms with Gasteiger partial charge in [0.15, 0.2) is 6.04 Å². The van der Waals surface area contributed by atoms with E-state index in [1.165, 1.54) is 6.92 Å². The third-order valence-electron chi connectivity index (χ3n) is 3.23. The average molecular weight is 350 g/mol. The largest absolute Gasteiger partial charge is 0.371 e. The second-order valence-corrected chi connectivity index (χ2v) is 5.13. The molecule has 1 atom stereocenters. The summed E-state index contributed by atoms with van der Waals surface area (Å²) in [4.78, 5) is 24.4. The van der Waals surface area contributed by atoms with E-state index in [4.69, 9.17) is 4.74 Å². The molecular formula is C19H18N4O3. The van der Waals surface area contributed by atoms with E-state index in [2.05, 4.69) is 27.8 Å². The van der Waals surface area contributed by atoms with E-state index < -0.39 is 17.9 Å². The molecule has 2 aromatic rings. The number of carbonyl (C=O) groups is 2. The number of ether oxygens (including phenoxy) is 1. The van der Waals surface area contributed by atoms with E-state index in [1.54, 1.807) is 61.5 Å². The molecule has 0 radical (unpaired) electrons. The predicted octanol–water partition coefficient (Wildman–Crippen LogP) is 3.24. The highest BCUT2D eigenvalue weighted by atomic mass is 16.5. The number of hydrogen-bond acceptors (Lipinski definition) is 5. The van der Waals surface area contributed by atoms with E-state index in [1.807, 2.05) is 6.07 Å². The van der Waals surface area contributed by atoms with Crippen molar-refractivity contribution in [2.24, 2.45) is 10.3 Å². The molecule has 1 amide bonds. The molecule has 7 heteroatoms. The lowest BCUT2D eigenvalue weighted by molar-refractivity contribution is -0.143. The molecule has 0 unspecified atom stereocenters. The van der Waals surface area contributed by atoms with E-state index in [-0.39, 0.29) is 0 Å². The summed E-state index contributed by atoms with van der Waals surface area (Å²) in [5, 5.41) is 9.04. The standard InChI is InChI=1S/C19H18N4O3/c1-3-14-26-19(25)15(2)23(22-20-17-12-8-5-9-13-17)21-18(24)16-10-6-4-7-11-16/h4-13,15H,1-2H3,(H,21,24)/t15-/m0/s1. The van der Waals surface area contributed by atoms with Gasteiger partial charge in [0.1, 0.15) is 6.11 Å². The maximum absolute atomic E-state index is 12.4. The fraction of sp³-hybridized carbons (Fsp3) is 0.158. The smallest absolute Gasteiger partial charge is 0.346 e. The maximum Gasteiger partial charge on any atom is 0.346 e. The lowest BCUT2D eigenvalue weighted by Crippen LogP contribution is -2.47. The van der Waals surface area contributed by atoms with Crippen LogP contribution in [0.3, 0.4) is 0 Å². The Balaban J connectivity index is 2.19. The predicted molar refractivity (Wildman–Crippen MR) is 95.7 cm³/mol. The molecule has 0 spiro atoms. The minimum absolute atomic E-state index is 0.418. The molecule has 1 N–H and O–H groups in total. The van der Waals surface area contributed by atoms with Gasteiger partial charge in [0, 0.05) is 12.5 Å². The fourth-order valence-electron chi connectivity index (χ4n) is 1.84. The molecule has 0 aromatic heterocycles. The molecule has 0 aliphatic heterocycles. The van der Waals surface area contributed by atoms with Gasteiger partial charge in [0.2, 0.25) is 0 Å². The Morgan fingerprint density at radius 3 is 2.31 bits per heavy atom. The van der Waals surface area contributed by atoms with Crippen molar-refractivity contribution in [3.63, 3.8) is 0 Å². The van der Waals surface area contributed by atoms with Crippen LogP contribution in [0.4, 0.5) is 5.69 Å². The van der Waals surface area contributed by atoms with E-state index >= 15 is 0 Å². The van der Waals surface area contributed by atoms with Crippen molar-refractivity contribution in [1.29, 1.82) is 0 Å². The summed E-state index contributed by atoms with van der Waals surface area (Å²) < 4.78 is 4.78. The van der Waals surface area contributed by atoms with Crippen LogP contribution in [0.25, 0.3) is 0 Å². The molecule has 2 aromatic carbocycles. The Bertz CT molecular complexity index is 826. The molecule has 0 aliphatic rings. The highest BCUT2D eigenvalue weighted by molar-refractivity contribution is 5.94. The highest BCUT2D eigenvalue weighted by Crippen LogP contribution is 2.12. The summed E-state index contributed by atoms with van der Waals surface area (Å²) in [6.45, 7) is 3.07. The number of rotatable bonds is 6. The van der Waals surface area contributed by atoms with E-state index in [9.17, 15) is 9.59 Å². The number of carbonyl (C=O) groups excluding carboxylic acids is 2. The zero-order valence-corrected chi connectivity index (χ0v) is 14.4. The van der Waals surface area contributed by atoms with Crippen LogP contribution in [-0.4, -0.2) is 23.0 Å². The first-order valence-electron chi connectivity index (χ1n) is 7.86. The Morgan fingerprint density at radius 2 is 1.69 bits per heavy atom. The first-order valence-corrected chi connectivity index (χ1v) is 7.86. The fourth-order valence-corrected chi connectivity index (χ4v) is 1.84. The summed E-state index contributed by atoms with van der Waals surface area (Å²) >= 11 is 0. The molecule has 0 aliphatic carbocycles. The quantitative estimate of drug-likeness (QED) is 0.375. The summed E-state index contributed by atoms with van der Waals surface area (Å²) in [7, 11) is 0. The normalized spacial score (nSPS) is 11.2. The minimum atomic E-state index is -0.934. The SMILES string of the molecule is CC#COC(=O)[C@H](C)N(N=Nc1ccccc1)NC(=O)c1ccccc1. The van der Waals surface area contributed by atoms with Crippen molar-refractivity contribution in [1.82, 2.24) is 10.5 Å². The first-order chi connectivity index (χ1) is 12.6. The van der Waals surface area contributed by atoms with Gasteiger partial charge in [-0.3, -0.25) is 4.79 Å². The van der Waals surface area contributed by atoms with Crippen LogP contribution in [0, 0.1) is 12.0 Å². The van der Waals surface area contributed by atoms with Gasteiger partial charge in [0.25, 0.3) is 5.91 Å². The molecule has 2 rings (SSSR count). The van der Waals surface area contributed by atoms with Crippen LogP contribution >= 0.6 is 0 Å². The second kappa shape index (κ2) is 9.59. The molecule has 0 bridgehead atoms. The van der Waals surface area contributed by atoms with Gasteiger partial charge in [-0.15, -0.1) is 5.11 Å². The number of nitrogens with zero attached hydrogens (tertiary/aromatic N) is 3. The van der Waals surface area contributed by atoms with Crippen LogP contribution in [0.5, 0.6) is 0 Å². The molecule has 0 heterocycles. The number of hydrogen-bond donors (Lipinski definition) is 1. The molecule has 0 saturated heterocycles. The lowest BCUT2D eigenvalue weighted by Gasteiger charge is -2.22. The van der Waals surface area contributed by atoms with Gasteiger partial charge in [-0.1, -0.05) is 42.3 Å². The Hall–Kier alpha value is -3.66. The van der Waals surface area contributed by atoms with Gasteiger partial charge in [-0.05, 0) is 36.4 Å². The number of benzene rings is 2. The third-order valence-corrected chi connectivity index (χ3v) is 3.23. The van der Waals surface area contributed by atoms with Crippen molar-refractivity contribution in [3.8, 4) is 12.0 Å². The van der Waals surface area contributed by atoms with Gasteiger partial charge in [-0.2, -0.15) is 5.12 Å². The Labute approximate surface area is 151 Å². The summed E-state index contributed by atoms with van der Waals surface area (Å²) in [5.74, 6) is 1.37. The summed E-state index contributed by atoms with van der Waals surface area (Å²) in [6.07, 6.45) is 2.23. The maximum atomic E-state index is 12.4. The van der Waals surface area contributed by atoms with Crippen molar-refractivity contribution < 1.29 is 14.3 Å². The summed E-state index contributed by atoms with van der Waals surface area (Å²) in [6, 6.07) is 16.6. The van der Waals surface area contributed by atoms with Crippen LogP contribution in [0.2, 0.25) is 0 Å². The van der Waals surface area contributed by atoms with Crippen LogP contribution < -0.4 is 5.43 Å². The van der Waals surface area contributed by atoms with Crippen LogP contribution in [0.15, 0.2) is 71.0 Å². The number of amides is 1. The van der Waals surface area contributed by atoms with E-state index in [0.717, 1.165) is 5.12 Å². The van der Waals surface area contributed by atoms with E-state index in [0.29, 0.717) is 11.3 Å². The van der Waals surface area contributed by atoms with Gasteiger partial charge in [-0.25, -0.2) is 10.2 Å². The number of esters is 1. The Morgan fingerprint density at radius 1 is 1.08 bits per heavy atom. The summed E-state index contributed by atoms with van der Waals surface area (Å²) in [5.41, 5.74) is 3.53. The van der Waals surface area contributed by atoms with Crippen LogP contribution in [-0.2, 0) is 9.53 Å².